The van der Waals surface area contributed by atoms with E-state index in [0.29, 0.717) is 6.61 Å². The maximum Gasteiger partial charge on any atom is 0.347 e. The average Bonchev–Trinajstić information content (AvgIpc) is 2.78. The fourth-order valence-corrected chi connectivity index (χ4v) is 11.5. The molecule has 0 saturated carbocycles. The van der Waals surface area contributed by atoms with Gasteiger partial charge in [-0.25, -0.2) is 4.67 Å². The lowest BCUT2D eigenvalue weighted by molar-refractivity contribution is 0.311. The Balaban J connectivity index is 2.73. The monoisotopic (exact) mass is 332 g/mol. The van der Waals surface area contributed by atoms with Gasteiger partial charge in [0.1, 0.15) is 0 Å². The first kappa shape index (κ1) is 15.8. The molecule has 1 saturated heterocycles. The van der Waals surface area contributed by atoms with E-state index in [9.17, 15) is 0 Å². The number of likely N-dealkylation sites (N-methyl/N-ethyl adjacent to an activating group) is 1. The van der Waals surface area contributed by atoms with Crippen LogP contribution in [-0.2, 0) is 22.6 Å². The molecule has 0 aromatic heterocycles. The van der Waals surface area contributed by atoms with Crippen LogP contribution in [-0.4, -0.2) is 53.3 Å². The van der Waals surface area contributed by atoms with Crippen LogP contribution in [0.4, 0.5) is 0 Å². The number of hydrogen-bond acceptors (Lipinski definition) is 9. The molecule has 1 unspecified atom stereocenters. The highest BCUT2D eigenvalue weighted by molar-refractivity contribution is 7.79. The first-order valence-electron chi connectivity index (χ1n) is 5.50. The summed E-state index contributed by atoms with van der Waals surface area (Å²) in [5.41, 5.74) is 0. The van der Waals surface area contributed by atoms with E-state index in [2.05, 4.69) is 13.5 Å². The molecule has 0 aliphatic carbocycles. The van der Waals surface area contributed by atoms with Gasteiger partial charge >= 0.3 is 15.3 Å². The third kappa shape index (κ3) is 2.64. The van der Waals surface area contributed by atoms with Gasteiger partial charge in [-0.3, -0.25) is 0 Å². The quantitative estimate of drug-likeness (QED) is 0.734. The lowest BCUT2D eigenvalue weighted by atomic mass is 10.7. The molecule has 2 heterocycles. The summed E-state index contributed by atoms with van der Waals surface area (Å²) in [5.74, 6) is 0. The van der Waals surface area contributed by atoms with Crippen molar-refractivity contribution in [1.82, 2.24) is 4.67 Å². The highest BCUT2D eigenvalue weighted by Gasteiger charge is 2.44. The molecule has 2 rings (SSSR count). The third-order valence-corrected chi connectivity index (χ3v) is 11.8. The molecule has 0 aromatic rings. The second-order valence-electron chi connectivity index (χ2n) is 3.71. The van der Waals surface area contributed by atoms with Gasteiger partial charge in [-0.2, -0.15) is 9.03 Å². The van der Waals surface area contributed by atoms with Crippen LogP contribution in [0, 0.1) is 0 Å². The smallest absolute Gasteiger partial charge is 0.314 e. The van der Waals surface area contributed by atoms with Crippen molar-refractivity contribution in [3.05, 3.63) is 0 Å². The summed E-state index contributed by atoms with van der Waals surface area (Å²) in [6, 6.07) is 0. The van der Waals surface area contributed by atoms with Gasteiger partial charge in [0.25, 0.3) is 7.58 Å². The van der Waals surface area contributed by atoms with Crippen molar-refractivity contribution in [3.63, 3.8) is 0 Å². The highest BCUT2D eigenvalue weighted by atomic mass is 31.3. The van der Waals surface area contributed by atoms with Gasteiger partial charge < -0.3 is 22.6 Å². The molecule has 2 aliphatic rings. The normalized spacial score (nSPS) is 32.7. The summed E-state index contributed by atoms with van der Waals surface area (Å²) in [4.78, 5) is 0. The van der Waals surface area contributed by atoms with Crippen LogP contribution in [0.25, 0.3) is 0 Å². The predicted octanol–water partition coefficient (Wildman–Crippen LogP) is 3.39. The second-order valence-corrected chi connectivity index (χ2v) is 11.2. The van der Waals surface area contributed by atoms with E-state index >= 15 is 0 Å². The maximum atomic E-state index is 5.79. The van der Waals surface area contributed by atoms with Crippen molar-refractivity contribution in [3.8, 4) is 0 Å². The van der Waals surface area contributed by atoms with Crippen molar-refractivity contribution in [1.29, 1.82) is 0 Å². The number of nitrogens with zero attached hydrogens (tertiary/aromatic N) is 4. The van der Waals surface area contributed by atoms with Gasteiger partial charge in [-0.15, -0.1) is 4.52 Å². The molecule has 2 aliphatic heterocycles. The molecule has 12 heteroatoms. The van der Waals surface area contributed by atoms with E-state index < -0.39 is 22.9 Å². The summed E-state index contributed by atoms with van der Waals surface area (Å²) >= 11 is 0. The minimum absolute atomic E-state index is 0.554. The van der Waals surface area contributed by atoms with Gasteiger partial charge in [0, 0.05) is 35.0 Å². The van der Waals surface area contributed by atoms with Gasteiger partial charge in [0.15, 0.2) is 0 Å². The first-order valence-corrected chi connectivity index (χ1v) is 10.1. The molecule has 0 N–H and O–H groups in total. The highest BCUT2D eigenvalue weighted by Crippen LogP contribution is 2.80. The van der Waals surface area contributed by atoms with E-state index in [1.807, 2.05) is 11.7 Å². The summed E-state index contributed by atoms with van der Waals surface area (Å²) in [6.07, 6.45) is 0. The van der Waals surface area contributed by atoms with Crippen LogP contribution in [0.1, 0.15) is 0 Å². The summed E-state index contributed by atoms with van der Waals surface area (Å²) < 4.78 is 42.9. The average molecular weight is 332 g/mol. The lowest BCUT2D eigenvalue weighted by Crippen LogP contribution is -2.09. The Hall–Kier alpha value is 0.450. The maximum absolute atomic E-state index is 5.79. The zero-order chi connectivity index (χ0) is 14.1. The van der Waals surface area contributed by atoms with Crippen LogP contribution in [0.5, 0.6) is 0 Å². The third-order valence-electron chi connectivity index (χ3n) is 2.76. The zero-order valence-corrected chi connectivity index (χ0v) is 14.3. The Morgan fingerprint density at radius 2 is 1.42 bits per heavy atom. The molecule has 1 fully saturated rings. The molecule has 0 aromatic carbocycles. The molecule has 0 radical (unpaired) electrons. The van der Waals surface area contributed by atoms with Gasteiger partial charge in [-0.1, -0.05) is 0 Å². The van der Waals surface area contributed by atoms with Crippen LogP contribution in [0.2, 0.25) is 0 Å². The molecular weight excluding hydrogens is 313 g/mol. The van der Waals surface area contributed by atoms with E-state index in [4.69, 9.17) is 22.6 Å². The fourth-order valence-electron chi connectivity index (χ4n) is 1.64. The Morgan fingerprint density at radius 1 is 0.895 bits per heavy atom. The number of rotatable bonds is 4. The van der Waals surface area contributed by atoms with Gasteiger partial charge in [0.2, 0.25) is 0 Å². The molecule has 1 spiro atoms. The van der Waals surface area contributed by atoms with E-state index in [-0.39, 0.29) is 0 Å². The van der Waals surface area contributed by atoms with Crippen LogP contribution in [0.3, 0.4) is 0 Å². The summed E-state index contributed by atoms with van der Waals surface area (Å²) in [6.45, 7) is 1.29. The van der Waals surface area contributed by atoms with E-state index in [1.165, 1.54) is 28.4 Å². The van der Waals surface area contributed by atoms with Crippen molar-refractivity contribution < 1.29 is 22.6 Å². The van der Waals surface area contributed by atoms with Crippen molar-refractivity contribution in [2.45, 2.75) is 0 Å². The molecule has 9 nitrogen and oxygen atoms in total. The van der Waals surface area contributed by atoms with Crippen molar-refractivity contribution >= 4 is 22.9 Å². The van der Waals surface area contributed by atoms with E-state index in [1.54, 1.807) is 0 Å². The summed E-state index contributed by atoms with van der Waals surface area (Å²) in [5, 5.41) is 0. The minimum atomic E-state index is -2.82. The molecule has 19 heavy (non-hydrogen) atoms. The Kier molecular flexibility index (Phi) is 4.73. The van der Waals surface area contributed by atoms with Crippen LogP contribution < -0.4 is 0 Å². The summed E-state index contributed by atoms with van der Waals surface area (Å²) in [7, 11) is -0.283. The Morgan fingerprint density at radius 3 is 1.84 bits per heavy atom. The molecule has 112 valence electrons. The molecule has 0 amide bonds. The molecular formula is C7H19N4O5P3. The van der Waals surface area contributed by atoms with Gasteiger partial charge in [-0.05, 0) is 7.05 Å². The largest absolute Gasteiger partial charge is 0.347 e. The predicted molar refractivity (Wildman–Crippen MR) is 74.7 cm³/mol. The Labute approximate surface area is 113 Å². The molecule has 1 atom stereocenters. The van der Waals surface area contributed by atoms with Crippen LogP contribution in [0.15, 0.2) is 13.5 Å². The fraction of sp³-hybridized carbons (Fsp3) is 1.00. The standard InChI is InChI=1S/C7H19N4O5P3/c1-11-6-7-16-17(11)8-18(12-2,13-3)10-19(9-17,14-4)15-5/h6-7H2,1-5H3. The number of hydrogen-bond donors (Lipinski definition) is 0. The Bertz CT molecular complexity index is 493. The first-order chi connectivity index (χ1) is 8.99. The SMILES string of the molecule is COP1(OC)=NP(OC)(OC)=NP2(=N1)OCCN2C. The van der Waals surface area contributed by atoms with Crippen LogP contribution >= 0.6 is 22.9 Å². The van der Waals surface area contributed by atoms with Gasteiger partial charge in [0.05, 0.1) is 6.61 Å². The topological polar surface area (TPSA) is 86.5 Å². The van der Waals surface area contributed by atoms with Crippen molar-refractivity contribution in [2.24, 2.45) is 13.5 Å². The zero-order valence-electron chi connectivity index (χ0n) is 11.6. The second kappa shape index (κ2) is 5.68. The minimum Gasteiger partial charge on any atom is -0.314 e. The van der Waals surface area contributed by atoms with Crippen molar-refractivity contribution in [2.75, 3.05) is 48.6 Å². The molecule has 0 bridgehead atoms. The lowest BCUT2D eigenvalue weighted by Gasteiger charge is -2.31. The van der Waals surface area contributed by atoms with E-state index in [0.717, 1.165) is 6.54 Å².